The maximum absolute atomic E-state index is 6.74. The van der Waals surface area contributed by atoms with Gasteiger partial charge in [-0.25, -0.2) is 4.98 Å². The van der Waals surface area contributed by atoms with Crippen LogP contribution in [0.4, 0.5) is 0 Å². The normalized spacial score (nSPS) is 14.8. The van der Waals surface area contributed by atoms with Gasteiger partial charge in [0.15, 0.2) is 22.5 Å². The molecule has 1 aromatic rings. The zero-order valence-electron chi connectivity index (χ0n) is 17.9. The Labute approximate surface area is 157 Å². The van der Waals surface area contributed by atoms with Gasteiger partial charge >= 0.3 is 0 Å². The second-order valence-electron chi connectivity index (χ2n) is 8.54. The molecule has 0 amide bonds. The van der Waals surface area contributed by atoms with Crippen LogP contribution in [0, 0.1) is 6.92 Å². The minimum absolute atomic E-state index is 0.0197. The van der Waals surface area contributed by atoms with Crippen molar-refractivity contribution in [3.63, 3.8) is 0 Å². The summed E-state index contributed by atoms with van der Waals surface area (Å²) < 4.78 is 18.6. The van der Waals surface area contributed by atoms with Crippen molar-refractivity contribution in [3.05, 3.63) is 17.8 Å². The van der Waals surface area contributed by atoms with Crippen LogP contribution in [0.2, 0.25) is 36.3 Å². The summed E-state index contributed by atoms with van der Waals surface area (Å²) in [5.41, 5.74) is 0.920. The molecule has 1 rings (SSSR count). The van der Waals surface area contributed by atoms with Gasteiger partial charge in [-0.2, -0.15) is 0 Å². The zero-order chi connectivity index (χ0) is 19.3. The van der Waals surface area contributed by atoms with Crippen LogP contribution in [0.1, 0.15) is 65.7 Å². The number of oxazole rings is 1. The van der Waals surface area contributed by atoms with Gasteiger partial charge in [-0.15, -0.1) is 0 Å². The molecule has 0 spiro atoms. The van der Waals surface area contributed by atoms with E-state index in [2.05, 4.69) is 59.6 Å². The highest BCUT2D eigenvalue weighted by Gasteiger charge is 2.38. The van der Waals surface area contributed by atoms with E-state index in [0.717, 1.165) is 30.2 Å². The maximum atomic E-state index is 6.74. The first-order valence-corrected chi connectivity index (χ1v) is 15.2. The quantitative estimate of drug-likeness (QED) is 0.434. The Kier molecular flexibility index (Phi) is 8.11. The minimum Gasteiger partial charge on any atom is -0.449 e. The lowest BCUT2D eigenvalue weighted by Crippen LogP contribution is -2.41. The zero-order valence-corrected chi connectivity index (χ0v) is 19.9. The van der Waals surface area contributed by atoms with E-state index in [-0.39, 0.29) is 11.1 Å². The fourth-order valence-corrected chi connectivity index (χ4v) is 6.64. The Morgan fingerprint density at radius 1 is 1.12 bits per heavy atom. The second-order valence-corrected chi connectivity index (χ2v) is 18.1. The van der Waals surface area contributed by atoms with E-state index < -0.39 is 16.6 Å². The summed E-state index contributed by atoms with van der Waals surface area (Å²) in [7, 11) is -3.45. The van der Waals surface area contributed by atoms with Gasteiger partial charge in [0.2, 0.25) is 0 Å². The standard InChI is InChI=1S/C19H39NO3Si2/c1-10-25(11-2,12-3)23-18(17-15-21-16(4)20-17)13-14-22-24(8,9)19(5,6)7/h15,18H,10-14H2,1-9H3/t18-/m1/s1. The van der Waals surface area contributed by atoms with E-state index in [1.165, 1.54) is 0 Å². The first-order chi connectivity index (χ1) is 11.5. The van der Waals surface area contributed by atoms with Gasteiger partial charge < -0.3 is 13.3 Å². The van der Waals surface area contributed by atoms with Gasteiger partial charge in [0.25, 0.3) is 0 Å². The van der Waals surface area contributed by atoms with Crippen LogP contribution in [-0.4, -0.2) is 28.2 Å². The number of nitrogens with zero attached hydrogens (tertiary/aromatic N) is 1. The lowest BCUT2D eigenvalue weighted by Gasteiger charge is -2.37. The van der Waals surface area contributed by atoms with E-state index >= 15 is 0 Å². The Morgan fingerprint density at radius 3 is 2.08 bits per heavy atom. The molecule has 1 aromatic heterocycles. The van der Waals surface area contributed by atoms with Crippen molar-refractivity contribution in [2.24, 2.45) is 0 Å². The summed E-state index contributed by atoms with van der Waals surface area (Å²) in [5.74, 6) is 0.700. The third-order valence-corrected chi connectivity index (χ3v) is 15.1. The predicted molar refractivity (Wildman–Crippen MR) is 110 cm³/mol. The number of hydrogen-bond donors (Lipinski definition) is 0. The maximum Gasteiger partial charge on any atom is 0.192 e. The monoisotopic (exact) mass is 385 g/mol. The van der Waals surface area contributed by atoms with Crippen molar-refractivity contribution in [3.8, 4) is 0 Å². The molecule has 0 aliphatic rings. The van der Waals surface area contributed by atoms with Crippen molar-refractivity contribution >= 4 is 16.6 Å². The molecule has 0 bridgehead atoms. The van der Waals surface area contributed by atoms with Gasteiger partial charge in [-0.3, -0.25) is 0 Å². The fraction of sp³-hybridized carbons (Fsp3) is 0.842. The molecular formula is C19H39NO3Si2. The molecule has 0 N–H and O–H groups in total. The van der Waals surface area contributed by atoms with Crippen molar-refractivity contribution < 1.29 is 13.3 Å². The van der Waals surface area contributed by atoms with Crippen LogP contribution in [0.25, 0.3) is 0 Å². The molecule has 25 heavy (non-hydrogen) atoms. The highest BCUT2D eigenvalue weighted by Crippen LogP contribution is 2.37. The van der Waals surface area contributed by atoms with E-state index in [4.69, 9.17) is 13.3 Å². The topological polar surface area (TPSA) is 44.5 Å². The molecule has 0 aromatic carbocycles. The van der Waals surface area contributed by atoms with Gasteiger partial charge in [0.05, 0.1) is 6.10 Å². The molecule has 0 saturated carbocycles. The highest BCUT2D eigenvalue weighted by molar-refractivity contribution is 6.74. The molecule has 0 aliphatic carbocycles. The second kappa shape index (κ2) is 8.97. The van der Waals surface area contributed by atoms with Crippen molar-refractivity contribution in [1.29, 1.82) is 0 Å². The van der Waals surface area contributed by atoms with Gasteiger partial charge in [-0.05, 0) is 36.3 Å². The molecule has 6 heteroatoms. The van der Waals surface area contributed by atoms with E-state index in [9.17, 15) is 0 Å². The van der Waals surface area contributed by atoms with Crippen molar-refractivity contribution in [2.75, 3.05) is 6.61 Å². The van der Waals surface area contributed by atoms with E-state index in [1.54, 1.807) is 6.26 Å². The molecular weight excluding hydrogens is 346 g/mol. The average Bonchev–Trinajstić information content (AvgIpc) is 2.96. The van der Waals surface area contributed by atoms with Gasteiger partial charge in [0.1, 0.15) is 12.0 Å². The number of aryl methyl sites for hydroxylation is 1. The SMILES string of the molecule is CC[Si](CC)(CC)O[C@H](CCO[Si](C)(C)C(C)(C)C)c1coc(C)n1. The first-order valence-electron chi connectivity index (χ1n) is 9.74. The number of hydrogen-bond acceptors (Lipinski definition) is 4. The summed E-state index contributed by atoms with van der Waals surface area (Å²) in [6, 6.07) is 3.41. The van der Waals surface area contributed by atoms with Crippen LogP contribution in [0.15, 0.2) is 10.7 Å². The molecule has 1 atom stereocenters. The van der Waals surface area contributed by atoms with Crippen LogP contribution >= 0.6 is 0 Å². The van der Waals surface area contributed by atoms with Crippen LogP contribution < -0.4 is 0 Å². The molecule has 0 fully saturated rings. The van der Waals surface area contributed by atoms with Crippen LogP contribution in [0.3, 0.4) is 0 Å². The summed E-state index contributed by atoms with van der Waals surface area (Å²) in [6.07, 6.45) is 2.58. The number of rotatable bonds is 10. The van der Waals surface area contributed by atoms with Gasteiger partial charge in [-0.1, -0.05) is 41.5 Å². The Morgan fingerprint density at radius 2 is 1.68 bits per heavy atom. The van der Waals surface area contributed by atoms with E-state index in [1.807, 2.05) is 6.92 Å². The molecule has 0 saturated heterocycles. The minimum atomic E-state index is -1.74. The average molecular weight is 386 g/mol. The molecule has 0 unspecified atom stereocenters. The third kappa shape index (κ3) is 6.05. The fourth-order valence-electron chi connectivity index (χ4n) is 2.73. The Hall–Kier alpha value is -0.436. The van der Waals surface area contributed by atoms with Crippen molar-refractivity contribution in [1.82, 2.24) is 4.98 Å². The first kappa shape index (κ1) is 22.6. The smallest absolute Gasteiger partial charge is 0.192 e. The van der Waals surface area contributed by atoms with Gasteiger partial charge in [0, 0.05) is 20.0 Å². The Balaban J connectivity index is 2.87. The van der Waals surface area contributed by atoms with E-state index in [0.29, 0.717) is 12.5 Å². The predicted octanol–water partition coefficient (Wildman–Crippen LogP) is 6.46. The third-order valence-electron chi connectivity index (χ3n) is 5.94. The lowest BCUT2D eigenvalue weighted by molar-refractivity contribution is 0.143. The molecule has 146 valence electrons. The highest BCUT2D eigenvalue weighted by atomic mass is 28.4. The van der Waals surface area contributed by atoms with Crippen LogP contribution in [-0.2, 0) is 8.85 Å². The molecule has 0 radical (unpaired) electrons. The summed E-state index contributed by atoms with van der Waals surface area (Å²) in [5, 5.41) is 0.225. The lowest BCUT2D eigenvalue weighted by atomic mass is 10.2. The number of aromatic nitrogens is 1. The van der Waals surface area contributed by atoms with Crippen LogP contribution in [0.5, 0.6) is 0 Å². The molecule has 0 aliphatic heterocycles. The Bertz CT molecular complexity index is 511. The summed E-state index contributed by atoms with van der Waals surface area (Å²) >= 11 is 0. The van der Waals surface area contributed by atoms with Crippen molar-refractivity contribution in [2.45, 2.75) is 97.3 Å². The molecule has 4 nitrogen and oxygen atoms in total. The summed E-state index contributed by atoms with van der Waals surface area (Å²) in [4.78, 5) is 4.55. The summed E-state index contributed by atoms with van der Waals surface area (Å²) in [6.45, 7) is 20.8. The molecule has 1 heterocycles. The largest absolute Gasteiger partial charge is 0.449 e.